The van der Waals surface area contributed by atoms with Gasteiger partial charge in [-0.2, -0.15) is 8.78 Å². The lowest BCUT2D eigenvalue weighted by Crippen LogP contribution is -2.43. The van der Waals surface area contributed by atoms with Crippen LogP contribution in [-0.2, 0) is 4.79 Å². The number of carbonyl (C=O) groups is 1. The number of rotatable bonds is 3. The molecule has 0 radical (unpaired) electrons. The molecule has 0 bridgehead atoms. The summed E-state index contributed by atoms with van der Waals surface area (Å²) in [4.78, 5) is 12.0. The van der Waals surface area contributed by atoms with Gasteiger partial charge >= 0.3 is 5.92 Å². The lowest BCUT2D eigenvalue weighted by atomic mass is 10.0. The van der Waals surface area contributed by atoms with Crippen LogP contribution in [0.5, 0.6) is 0 Å². The van der Waals surface area contributed by atoms with Crippen molar-refractivity contribution in [1.29, 1.82) is 0 Å². The minimum Gasteiger partial charge on any atom is -0.381 e. The molecule has 0 aliphatic carbocycles. The fourth-order valence-corrected chi connectivity index (χ4v) is 1.81. The Labute approximate surface area is 106 Å². The number of aliphatic hydroxyl groups excluding tert-OH is 1. The maximum absolute atomic E-state index is 13.7. The normalized spacial score (nSPS) is 13.3. The third-order valence-corrected chi connectivity index (χ3v) is 2.96. The lowest BCUT2D eigenvalue weighted by molar-refractivity contribution is -0.173. The number of halogens is 3. The zero-order valence-corrected chi connectivity index (χ0v) is 10.9. The molecule has 0 saturated carbocycles. The molecule has 0 saturated heterocycles. The number of benzene rings is 1. The van der Waals surface area contributed by atoms with Gasteiger partial charge in [-0.05, 0) is 6.07 Å². The van der Waals surface area contributed by atoms with E-state index in [1.807, 2.05) is 0 Å². The van der Waals surface area contributed by atoms with Gasteiger partial charge in [0.15, 0.2) is 6.10 Å². The summed E-state index contributed by atoms with van der Waals surface area (Å²) >= 11 is 3.06. The largest absolute Gasteiger partial charge is 0.381 e. The highest BCUT2D eigenvalue weighted by Crippen LogP contribution is 2.35. The summed E-state index contributed by atoms with van der Waals surface area (Å²) in [5.74, 6) is -5.28. The third kappa shape index (κ3) is 2.81. The minimum absolute atomic E-state index is 0.0206. The van der Waals surface area contributed by atoms with E-state index < -0.39 is 17.9 Å². The van der Waals surface area contributed by atoms with E-state index in [-0.39, 0.29) is 5.56 Å². The molecular formula is C11H12BrF2NO2. The van der Waals surface area contributed by atoms with Crippen molar-refractivity contribution in [3.63, 3.8) is 0 Å². The molecule has 1 aromatic rings. The average Bonchev–Trinajstić information content (AvgIpc) is 2.27. The van der Waals surface area contributed by atoms with E-state index in [0.29, 0.717) is 4.47 Å². The molecule has 1 atom stereocenters. The predicted octanol–water partition coefficient (Wildman–Crippen LogP) is 2.21. The van der Waals surface area contributed by atoms with Crippen LogP contribution in [0.1, 0.15) is 11.7 Å². The maximum Gasteiger partial charge on any atom is 0.353 e. The Kier molecular flexibility index (Phi) is 4.21. The van der Waals surface area contributed by atoms with Crippen molar-refractivity contribution in [2.24, 2.45) is 0 Å². The van der Waals surface area contributed by atoms with Gasteiger partial charge in [-0.3, -0.25) is 4.79 Å². The Morgan fingerprint density at radius 2 is 1.94 bits per heavy atom. The quantitative estimate of drug-likeness (QED) is 0.930. The summed E-state index contributed by atoms with van der Waals surface area (Å²) in [6.45, 7) is 0. The van der Waals surface area contributed by atoms with Crippen LogP contribution in [0.4, 0.5) is 8.78 Å². The first-order chi connectivity index (χ1) is 7.78. The van der Waals surface area contributed by atoms with Crippen LogP contribution in [0.15, 0.2) is 28.7 Å². The van der Waals surface area contributed by atoms with E-state index in [1.54, 1.807) is 6.07 Å². The highest BCUT2D eigenvalue weighted by atomic mass is 79.9. The summed E-state index contributed by atoms with van der Waals surface area (Å²) in [7, 11) is 2.42. The maximum atomic E-state index is 13.7. The molecule has 0 fully saturated rings. The molecule has 0 heterocycles. The van der Waals surface area contributed by atoms with E-state index in [4.69, 9.17) is 0 Å². The molecule has 1 aromatic carbocycles. The van der Waals surface area contributed by atoms with Gasteiger partial charge in [-0.25, -0.2) is 0 Å². The van der Waals surface area contributed by atoms with E-state index in [0.717, 1.165) is 4.90 Å². The Morgan fingerprint density at radius 1 is 1.41 bits per heavy atom. The van der Waals surface area contributed by atoms with Crippen molar-refractivity contribution in [2.45, 2.75) is 12.0 Å². The smallest absolute Gasteiger partial charge is 0.353 e. The van der Waals surface area contributed by atoms with Crippen molar-refractivity contribution in [3.8, 4) is 0 Å². The number of nitrogens with zero attached hydrogens (tertiary/aromatic N) is 1. The van der Waals surface area contributed by atoms with Gasteiger partial charge in [0.1, 0.15) is 0 Å². The Bertz CT molecular complexity index is 424. The Balaban J connectivity index is 3.08. The van der Waals surface area contributed by atoms with Crippen molar-refractivity contribution in [1.82, 2.24) is 4.90 Å². The molecule has 1 amide bonds. The monoisotopic (exact) mass is 307 g/mol. The van der Waals surface area contributed by atoms with Crippen LogP contribution in [0.25, 0.3) is 0 Å². The summed E-state index contributed by atoms with van der Waals surface area (Å²) in [6, 6.07) is 6.01. The fourth-order valence-electron chi connectivity index (χ4n) is 1.31. The van der Waals surface area contributed by atoms with Crippen molar-refractivity contribution < 1.29 is 18.7 Å². The van der Waals surface area contributed by atoms with Gasteiger partial charge < -0.3 is 10.0 Å². The molecule has 0 aliphatic rings. The van der Waals surface area contributed by atoms with Gasteiger partial charge in [0, 0.05) is 24.1 Å². The van der Waals surface area contributed by atoms with Gasteiger partial charge in [-0.1, -0.05) is 34.1 Å². The highest BCUT2D eigenvalue weighted by Gasteiger charge is 2.48. The zero-order valence-electron chi connectivity index (χ0n) is 9.32. The number of aliphatic hydroxyl groups is 1. The van der Waals surface area contributed by atoms with Gasteiger partial charge in [0.2, 0.25) is 0 Å². The van der Waals surface area contributed by atoms with E-state index in [9.17, 15) is 18.7 Å². The zero-order chi connectivity index (χ0) is 13.2. The molecule has 0 aromatic heterocycles. The first-order valence-electron chi connectivity index (χ1n) is 4.80. The van der Waals surface area contributed by atoms with Crippen molar-refractivity contribution in [2.75, 3.05) is 14.1 Å². The first-order valence-corrected chi connectivity index (χ1v) is 5.60. The molecule has 17 heavy (non-hydrogen) atoms. The minimum atomic E-state index is -3.85. The van der Waals surface area contributed by atoms with Crippen LogP contribution in [0.2, 0.25) is 0 Å². The summed E-state index contributed by atoms with van der Waals surface area (Å²) in [5, 5.41) is 9.62. The number of hydrogen-bond acceptors (Lipinski definition) is 2. The summed E-state index contributed by atoms with van der Waals surface area (Å²) < 4.78 is 27.7. The van der Waals surface area contributed by atoms with Crippen LogP contribution < -0.4 is 0 Å². The topological polar surface area (TPSA) is 40.5 Å². The number of hydrogen-bond donors (Lipinski definition) is 1. The van der Waals surface area contributed by atoms with Crippen LogP contribution in [-0.4, -0.2) is 35.9 Å². The predicted molar refractivity (Wildman–Crippen MR) is 62.7 cm³/mol. The molecule has 1 unspecified atom stereocenters. The summed E-state index contributed by atoms with van der Waals surface area (Å²) in [6.07, 6.45) is -2.17. The van der Waals surface area contributed by atoms with Gasteiger partial charge in [0.05, 0.1) is 0 Å². The SMILES string of the molecule is CN(C)C(=O)C(F)(F)C(O)c1ccccc1Br. The van der Waals surface area contributed by atoms with E-state index in [1.165, 1.54) is 32.3 Å². The average molecular weight is 308 g/mol. The number of alkyl halides is 2. The molecule has 0 aliphatic heterocycles. The fraction of sp³-hybridized carbons (Fsp3) is 0.364. The lowest BCUT2D eigenvalue weighted by Gasteiger charge is -2.25. The van der Waals surface area contributed by atoms with Crippen molar-refractivity contribution >= 4 is 21.8 Å². The Morgan fingerprint density at radius 3 is 2.41 bits per heavy atom. The molecule has 3 nitrogen and oxygen atoms in total. The number of amides is 1. The molecule has 1 rings (SSSR count). The molecule has 0 spiro atoms. The van der Waals surface area contributed by atoms with Crippen LogP contribution in [0.3, 0.4) is 0 Å². The standard InChI is InChI=1S/C11H12BrF2NO2/c1-15(2)10(17)11(13,14)9(16)7-5-3-4-6-8(7)12/h3-6,9,16H,1-2H3. The van der Waals surface area contributed by atoms with Gasteiger partial charge in [-0.15, -0.1) is 0 Å². The number of carbonyl (C=O) groups excluding carboxylic acids is 1. The van der Waals surface area contributed by atoms with E-state index >= 15 is 0 Å². The second-order valence-electron chi connectivity index (χ2n) is 3.75. The van der Waals surface area contributed by atoms with Crippen molar-refractivity contribution in [3.05, 3.63) is 34.3 Å². The van der Waals surface area contributed by atoms with Gasteiger partial charge in [0.25, 0.3) is 5.91 Å². The molecule has 1 N–H and O–H groups in total. The third-order valence-electron chi connectivity index (χ3n) is 2.23. The summed E-state index contributed by atoms with van der Waals surface area (Å²) in [5.41, 5.74) is -0.0206. The Hall–Kier alpha value is -1.01. The molecular weight excluding hydrogens is 296 g/mol. The molecule has 6 heteroatoms. The highest BCUT2D eigenvalue weighted by molar-refractivity contribution is 9.10. The van der Waals surface area contributed by atoms with Crippen LogP contribution in [0, 0.1) is 0 Å². The second kappa shape index (κ2) is 5.10. The molecule has 94 valence electrons. The first kappa shape index (κ1) is 14.1. The van der Waals surface area contributed by atoms with E-state index in [2.05, 4.69) is 15.9 Å². The van der Waals surface area contributed by atoms with Crippen LogP contribution >= 0.6 is 15.9 Å². The second-order valence-corrected chi connectivity index (χ2v) is 4.60.